The maximum absolute atomic E-state index is 13.3. The van der Waals surface area contributed by atoms with Crippen LogP contribution in [0.3, 0.4) is 0 Å². The Hall–Kier alpha value is -2.64. The third kappa shape index (κ3) is 2.64. The minimum absolute atomic E-state index is 0.00624. The van der Waals surface area contributed by atoms with Crippen molar-refractivity contribution in [3.05, 3.63) is 42.0 Å². The van der Waals surface area contributed by atoms with Crippen molar-refractivity contribution in [1.29, 1.82) is 0 Å². The van der Waals surface area contributed by atoms with Crippen molar-refractivity contribution in [2.45, 2.75) is 19.5 Å². The van der Waals surface area contributed by atoms with E-state index in [2.05, 4.69) is 0 Å². The van der Waals surface area contributed by atoms with Gasteiger partial charge in [0.25, 0.3) is 0 Å². The zero-order chi connectivity index (χ0) is 20.7. The number of hydrogen-bond donors (Lipinski definition) is 0. The number of likely N-dealkylation sites (tertiary alicyclic amines) is 1. The average Bonchev–Trinajstić information content (AvgIpc) is 3.44. The van der Waals surface area contributed by atoms with E-state index in [1.807, 2.05) is 12.2 Å². The lowest BCUT2D eigenvalue weighted by Crippen LogP contribution is -2.49. The second kappa shape index (κ2) is 5.93. The van der Waals surface area contributed by atoms with E-state index < -0.39 is 42.4 Å². The van der Waals surface area contributed by atoms with Gasteiger partial charge in [-0.15, -0.1) is 0 Å². The molecular formula is C21H19F3N2O3. The second-order valence-corrected chi connectivity index (χ2v) is 8.47. The molecule has 5 aliphatic rings. The third-order valence-electron chi connectivity index (χ3n) is 6.84. The largest absolute Gasteiger partial charge is 0.471 e. The number of imide groups is 1. The summed E-state index contributed by atoms with van der Waals surface area (Å²) in [6.07, 6.45) is -0.135. The number of rotatable bonds is 3. The molecular weight excluding hydrogens is 385 g/mol. The molecule has 0 spiro atoms. The van der Waals surface area contributed by atoms with Crippen LogP contribution in [-0.4, -0.2) is 35.5 Å². The van der Waals surface area contributed by atoms with Gasteiger partial charge in [-0.25, -0.2) is 0 Å². The van der Waals surface area contributed by atoms with Crippen LogP contribution in [-0.2, 0) is 14.4 Å². The average molecular weight is 404 g/mol. The predicted molar refractivity (Wildman–Crippen MR) is 96.1 cm³/mol. The van der Waals surface area contributed by atoms with Crippen LogP contribution in [0.2, 0.25) is 0 Å². The highest BCUT2D eigenvalue weighted by Gasteiger charge is 2.67. The molecule has 1 aliphatic heterocycles. The van der Waals surface area contributed by atoms with Crippen LogP contribution in [0.25, 0.3) is 0 Å². The Kier molecular flexibility index (Phi) is 3.76. The molecule has 8 heteroatoms. The molecule has 1 heterocycles. The Morgan fingerprint density at radius 1 is 1.10 bits per heavy atom. The number of carbonyl (C=O) groups is 3. The first-order valence-corrected chi connectivity index (χ1v) is 9.67. The molecule has 2 bridgehead atoms. The monoisotopic (exact) mass is 404 g/mol. The van der Waals surface area contributed by atoms with Crippen molar-refractivity contribution in [1.82, 2.24) is 4.90 Å². The Morgan fingerprint density at radius 2 is 1.69 bits per heavy atom. The molecule has 6 atom stereocenters. The lowest BCUT2D eigenvalue weighted by atomic mass is 9.63. The zero-order valence-corrected chi connectivity index (χ0v) is 15.6. The maximum atomic E-state index is 13.3. The summed E-state index contributed by atoms with van der Waals surface area (Å²) in [7, 11) is 0. The molecule has 152 valence electrons. The summed E-state index contributed by atoms with van der Waals surface area (Å²) in [5.74, 6) is -3.30. The number of allylic oxidation sites excluding steroid dienone is 2. The summed E-state index contributed by atoms with van der Waals surface area (Å²) >= 11 is 0. The smallest absolute Gasteiger partial charge is 0.286 e. The molecule has 2 saturated carbocycles. The van der Waals surface area contributed by atoms with Crippen molar-refractivity contribution in [2.24, 2.45) is 35.5 Å². The predicted octanol–water partition coefficient (Wildman–Crippen LogP) is 2.90. The highest BCUT2D eigenvalue weighted by Crippen LogP contribution is 2.65. The quantitative estimate of drug-likeness (QED) is 0.575. The molecule has 1 saturated heterocycles. The van der Waals surface area contributed by atoms with E-state index >= 15 is 0 Å². The van der Waals surface area contributed by atoms with Crippen molar-refractivity contribution < 1.29 is 27.6 Å². The number of nitrogens with zero attached hydrogens (tertiary/aromatic N) is 2. The molecule has 0 aromatic heterocycles. The first-order valence-electron chi connectivity index (χ1n) is 9.67. The fraction of sp³-hybridized carbons (Fsp3) is 0.476. The van der Waals surface area contributed by atoms with Gasteiger partial charge in [0.1, 0.15) is 6.67 Å². The summed E-state index contributed by atoms with van der Waals surface area (Å²) in [6.45, 7) is 0.970. The molecule has 6 rings (SSSR count). The summed E-state index contributed by atoms with van der Waals surface area (Å²) in [6, 6.07) is 6.03. The number of anilines is 1. The van der Waals surface area contributed by atoms with E-state index in [1.165, 1.54) is 18.2 Å². The van der Waals surface area contributed by atoms with Crippen LogP contribution in [0.5, 0.6) is 0 Å². The molecule has 0 N–H and O–H groups in total. The van der Waals surface area contributed by atoms with E-state index in [1.54, 1.807) is 13.0 Å². The van der Waals surface area contributed by atoms with Crippen LogP contribution in [0.15, 0.2) is 36.4 Å². The first-order chi connectivity index (χ1) is 13.7. The van der Waals surface area contributed by atoms with Gasteiger partial charge in [0.2, 0.25) is 11.8 Å². The van der Waals surface area contributed by atoms with Crippen molar-refractivity contribution in [3.8, 4) is 0 Å². The highest BCUT2D eigenvalue weighted by atomic mass is 19.4. The number of benzene rings is 1. The van der Waals surface area contributed by atoms with E-state index in [0.29, 0.717) is 22.3 Å². The lowest BCUT2D eigenvalue weighted by molar-refractivity contribution is -0.171. The number of carbonyl (C=O) groups excluding carboxylic acids is 3. The topological polar surface area (TPSA) is 57.7 Å². The zero-order valence-electron chi connectivity index (χ0n) is 15.6. The van der Waals surface area contributed by atoms with Gasteiger partial charge in [0.05, 0.1) is 11.8 Å². The SMILES string of the molecule is Cc1cccc(N(CN2C(=O)[C@@H]3[C@H]4C=C[C@@H]([C@@H]5C[C@H]45)[C@@H]3C2=O)C(=O)C(F)(F)F)c1. The van der Waals surface area contributed by atoms with Crippen LogP contribution in [0, 0.1) is 42.4 Å². The van der Waals surface area contributed by atoms with Crippen LogP contribution >= 0.6 is 0 Å². The Balaban J connectivity index is 1.47. The summed E-state index contributed by atoms with van der Waals surface area (Å²) in [5, 5.41) is 0. The van der Waals surface area contributed by atoms with E-state index in [-0.39, 0.29) is 17.5 Å². The van der Waals surface area contributed by atoms with Gasteiger partial charge in [-0.3, -0.25) is 24.2 Å². The number of aryl methyl sites for hydroxylation is 1. The molecule has 3 amide bonds. The number of alkyl halides is 3. The van der Waals surface area contributed by atoms with Gasteiger partial charge in [0.15, 0.2) is 0 Å². The normalized spacial score (nSPS) is 34.3. The number of hydrogen-bond acceptors (Lipinski definition) is 3. The van der Waals surface area contributed by atoms with E-state index in [9.17, 15) is 27.6 Å². The Bertz CT molecular complexity index is 921. The lowest BCUT2D eigenvalue weighted by Gasteiger charge is -2.37. The van der Waals surface area contributed by atoms with Gasteiger partial charge in [-0.1, -0.05) is 24.3 Å². The second-order valence-electron chi connectivity index (χ2n) is 8.47. The van der Waals surface area contributed by atoms with Crippen LogP contribution < -0.4 is 4.90 Å². The minimum Gasteiger partial charge on any atom is -0.286 e. The summed E-state index contributed by atoms with van der Waals surface area (Å²) < 4.78 is 39.8. The minimum atomic E-state index is -5.12. The molecule has 4 aliphatic carbocycles. The fourth-order valence-corrected chi connectivity index (χ4v) is 5.51. The van der Waals surface area contributed by atoms with Gasteiger partial charge in [0, 0.05) is 5.69 Å². The third-order valence-corrected chi connectivity index (χ3v) is 6.84. The molecule has 1 aromatic rings. The standard InChI is InChI=1S/C21H19F3N2O3/c1-10-3-2-4-11(7-10)25(20(29)21(22,23)24)9-26-18(27)16-12-5-6-13(15-8-14(12)15)17(16)19(26)28/h2-7,12-17H,8-9H2,1H3/t12-,13-,14-,15+,16-,17+/m0/s1. The van der Waals surface area contributed by atoms with Gasteiger partial charge in [-0.2, -0.15) is 13.2 Å². The highest BCUT2D eigenvalue weighted by molar-refractivity contribution is 6.07. The molecule has 5 nitrogen and oxygen atoms in total. The van der Waals surface area contributed by atoms with Gasteiger partial charge in [-0.05, 0) is 54.7 Å². The molecule has 0 unspecified atom stereocenters. The summed E-state index contributed by atoms with van der Waals surface area (Å²) in [4.78, 5) is 39.6. The first kappa shape index (κ1) is 18.4. The summed E-state index contributed by atoms with van der Waals surface area (Å²) in [5.41, 5.74) is 0.671. The number of halogens is 3. The molecule has 0 radical (unpaired) electrons. The van der Waals surface area contributed by atoms with Gasteiger partial charge < -0.3 is 0 Å². The maximum Gasteiger partial charge on any atom is 0.471 e. The van der Waals surface area contributed by atoms with Crippen molar-refractivity contribution in [3.63, 3.8) is 0 Å². The molecule has 1 aromatic carbocycles. The number of amides is 3. The fourth-order valence-electron chi connectivity index (χ4n) is 5.51. The molecule has 3 fully saturated rings. The Labute approximate surface area is 165 Å². The van der Waals surface area contributed by atoms with Crippen LogP contribution in [0.1, 0.15) is 12.0 Å². The van der Waals surface area contributed by atoms with Gasteiger partial charge >= 0.3 is 12.1 Å². The Morgan fingerprint density at radius 3 is 2.21 bits per heavy atom. The van der Waals surface area contributed by atoms with E-state index in [0.717, 1.165) is 11.3 Å². The van der Waals surface area contributed by atoms with E-state index in [4.69, 9.17) is 0 Å². The van der Waals surface area contributed by atoms with Crippen LogP contribution in [0.4, 0.5) is 18.9 Å². The van der Waals surface area contributed by atoms with Crippen molar-refractivity contribution in [2.75, 3.05) is 11.6 Å². The molecule has 29 heavy (non-hydrogen) atoms. The van der Waals surface area contributed by atoms with Crippen molar-refractivity contribution >= 4 is 23.4 Å².